The van der Waals surface area contributed by atoms with Crippen LogP contribution in [0.3, 0.4) is 0 Å². The van der Waals surface area contributed by atoms with Crippen LogP contribution in [0.25, 0.3) is 0 Å². The highest BCUT2D eigenvalue weighted by molar-refractivity contribution is 6.33. The van der Waals surface area contributed by atoms with Crippen molar-refractivity contribution in [3.05, 3.63) is 83.0 Å². The SMILES string of the molecule is CC(=O)O[C@@H](C(=O)NCCc1nc(Cc2ccccc2)co1)[C@@H](OC(C)=O)C(=O)N1CCN(c2ccccc2Cl)CC1. The Morgan fingerprint density at radius 1 is 0.929 bits per heavy atom. The Bertz CT molecular complexity index is 1390. The second-order valence-electron chi connectivity index (χ2n) is 9.76. The van der Waals surface area contributed by atoms with Crippen LogP contribution in [0.2, 0.25) is 5.02 Å². The molecule has 222 valence electrons. The van der Waals surface area contributed by atoms with E-state index in [-0.39, 0.29) is 26.1 Å². The Balaban J connectivity index is 1.38. The molecule has 2 amide bonds. The van der Waals surface area contributed by atoms with E-state index in [4.69, 9.17) is 25.5 Å². The summed E-state index contributed by atoms with van der Waals surface area (Å²) >= 11 is 6.32. The standard InChI is InChI=1S/C30H33ClN4O7/c1-20(36)41-27(29(38)32-13-12-26-33-23(19-40-26)18-22-8-4-3-5-9-22)28(42-21(2)37)30(39)35-16-14-34(15-17-35)25-11-7-6-10-24(25)31/h3-11,19,27-28H,12-18H2,1-2H3,(H,32,38)/t27-,28-/m1/s1. The molecule has 0 saturated carbocycles. The Labute approximate surface area is 248 Å². The lowest BCUT2D eigenvalue weighted by Crippen LogP contribution is -2.57. The Hall–Kier alpha value is -4.38. The number of esters is 2. The molecule has 11 nitrogen and oxygen atoms in total. The van der Waals surface area contributed by atoms with Crippen LogP contribution in [0, 0.1) is 0 Å². The summed E-state index contributed by atoms with van der Waals surface area (Å²) in [6.45, 7) is 3.81. The molecule has 2 heterocycles. The summed E-state index contributed by atoms with van der Waals surface area (Å²) in [6, 6.07) is 17.2. The van der Waals surface area contributed by atoms with E-state index in [1.165, 1.54) is 4.90 Å². The van der Waals surface area contributed by atoms with Crippen molar-refractivity contribution in [3.8, 4) is 0 Å². The highest BCUT2D eigenvalue weighted by atomic mass is 35.5. The zero-order valence-electron chi connectivity index (χ0n) is 23.5. The van der Waals surface area contributed by atoms with Gasteiger partial charge in [-0.05, 0) is 17.7 Å². The summed E-state index contributed by atoms with van der Waals surface area (Å²) in [4.78, 5) is 58.5. The van der Waals surface area contributed by atoms with E-state index >= 15 is 0 Å². The number of amides is 2. The molecule has 3 aromatic rings. The number of benzene rings is 2. The third kappa shape index (κ3) is 8.32. The van der Waals surface area contributed by atoms with Crippen LogP contribution in [-0.4, -0.2) is 78.6 Å². The first-order chi connectivity index (χ1) is 20.2. The van der Waals surface area contributed by atoms with Gasteiger partial charge in [-0.1, -0.05) is 54.1 Å². The van der Waals surface area contributed by atoms with Crippen LogP contribution in [0.15, 0.2) is 65.3 Å². The van der Waals surface area contributed by atoms with Gasteiger partial charge < -0.3 is 29.0 Å². The van der Waals surface area contributed by atoms with Crippen molar-refractivity contribution in [2.45, 2.75) is 38.9 Å². The van der Waals surface area contributed by atoms with Crippen molar-refractivity contribution in [1.82, 2.24) is 15.2 Å². The van der Waals surface area contributed by atoms with Crippen LogP contribution in [-0.2, 0) is 41.5 Å². The van der Waals surface area contributed by atoms with Crippen molar-refractivity contribution in [2.75, 3.05) is 37.6 Å². The van der Waals surface area contributed by atoms with Gasteiger partial charge in [0.05, 0.1) is 16.4 Å². The lowest BCUT2D eigenvalue weighted by Gasteiger charge is -2.38. The molecule has 0 spiro atoms. The van der Waals surface area contributed by atoms with Crippen molar-refractivity contribution in [3.63, 3.8) is 0 Å². The number of rotatable bonds is 11. The number of para-hydroxylation sites is 1. The zero-order valence-corrected chi connectivity index (χ0v) is 24.2. The molecule has 42 heavy (non-hydrogen) atoms. The average Bonchev–Trinajstić information content (AvgIpc) is 3.42. The van der Waals surface area contributed by atoms with Crippen LogP contribution in [0.4, 0.5) is 5.69 Å². The predicted octanol–water partition coefficient (Wildman–Crippen LogP) is 2.79. The molecule has 0 unspecified atom stereocenters. The van der Waals surface area contributed by atoms with Crippen molar-refractivity contribution in [2.24, 2.45) is 0 Å². The van der Waals surface area contributed by atoms with Crippen molar-refractivity contribution >= 4 is 41.0 Å². The van der Waals surface area contributed by atoms with E-state index in [1.807, 2.05) is 53.4 Å². The molecule has 1 aromatic heterocycles. The van der Waals surface area contributed by atoms with Gasteiger partial charge in [0.25, 0.3) is 11.8 Å². The fourth-order valence-electron chi connectivity index (χ4n) is 4.65. The van der Waals surface area contributed by atoms with E-state index < -0.39 is 36.0 Å². The van der Waals surface area contributed by atoms with Gasteiger partial charge in [0.15, 0.2) is 5.89 Å². The molecule has 1 aliphatic heterocycles. The number of ether oxygens (including phenoxy) is 2. The van der Waals surface area contributed by atoms with E-state index in [0.717, 1.165) is 30.8 Å². The van der Waals surface area contributed by atoms with Crippen LogP contribution >= 0.6 is 11.6 Å². The quantitative estimate of drug-likeness (QED) is 0.332. The summed E-state index contributed by atoms with van der Waals surface area (Å²) in [5.41, 5.74) is 2.68. The monoisotopic (exact) mass is 596 g/mol. The lowest BCUT2D eigenvalue weighted by molar-refractivity contribution is -0.178. The number of nitrogens with one attached hydrogen (secondary N) is 1. The molecular weight excluding hydrogens is 564 g/mol. The second-order valence-corrected chi connectivity index (χ2v) is 10.2. The first-order valence-corrected chi connectivity index (χ1v) is 14.0. The lowest BCUT2D eigenvalue weighted by atomic mass is 10.1. The number of nitrogens with zero attached hydrogens (tertiary/aromatic N) is 3. The molecule has 2 aromatic carbocycles. The summed E-state index contributed by atoms with van der Waals surface area (Å²) in [5, 5.41) is 3.24. The van der Waals surface area contributed by atoms with Crippen LogP contribution in [0.5, 0.6) is 0 Å². The maximum absolute atomic E-state index is 13.5. The molecule has 12 heteroatoms. The summed E-state index contributed by atoms with van der Waals surface area (Å²) in [7, 11) is 0. The van der Waals surface area contributed by atoms with E-state index in [0.29, 0.717) is 30.4 Å². The smallest absolute Gasteiger partial charge is 0.303 e. The molecule has 1 fully saturated rings. The van der Waals surface area contributed by atoms with E-state index in [1.54, 1.807) is 12.3 Å². The number of hydrogen-bond donors (Lipinski definition) is 1. The van der Waals surface area contributed by atoms with Gasteiger partial charge in [-0.15, -0.1) is 0 Å². The first-order valence-electron chi connectivity index (χ1n) is 13.6. The zero-order chi connectivity index (χ0) is 30.1. The van der Waals surface area contributed by atoms with E-state index in [2.05, 4.69) is 10.3 Å². The molecule has 4 rings (SSSR count). The Morgan fingerprint density at radius 2 is 1.57 bits per heavy atom. The van der Waals surface area contributed by atoms with Gasteiger partial charge >= 0.3 is 11.9 Å². The molecule has 0 aliphatic carbocycles. The average molecular weight is 597 g/mol. The second kappa shape index (κ2) is 14.5. The normalized spacial score (nSPS) is 14.5. The number of aromatic nitrogens is 1. The molecule has 0 bridgehead atoms. The number of hydrogen-bond acceptors (Lipinski definition) is 9. The molecular formula is C30H33ClN4O7. The third-order valence-electron chi connectivity index (χ3n) is 6.61. The first kappa shape index (κ1) is 30.6. The number of anilines is 1. The maximum atomic E-state index is 13.5. The number of halogens is 1. The van der Waals surface area contributed by atoms with E-state index in [9.17, 15) is 19.2 Å². The molecule has 1 aliphatic rings. The number of carbonyl (C=O) groups is 4. The topological polar surface area (TPSA) is 131 Å². The summed E-state index contributed by atoms with van der Waals surface area (Å²) in [6.07, 6.45) is -0.920. The summed E-state index contributed by atoms with van der Waals surface area (Å²) < 4.78 is 16.0. The Kier molecular flexibility index (Phi) is 10.6. The minimum absolute atomic E-state index is 0.0827. The number of carbonyl (C=O) groups excluding carboxylic acids is 4. The van der Waals surface area contributed by atoms with Gasteiger partial charge in [0.2, 0.25) is 12.2 Å². The van der Waals surface area contributed by atoms with Gasteiger partial charge in [-0.25, -0.2) is 4.98 Å². The van der Waals surface area contributed by atoms with Crippen LogP contribution in [0.1, 0.15) is 31.0 Å². The van der Waals surface area contributed by atoms with Crippen molar-refractivity contribution in [1.29, 1.82) is 0 Å². The fraction of sp³-hybridized carbons (Fsp3) is 0.367. The van der Waals surface area contributed by atoms with Crippen LogP contribution < -0.4 is 10.2 Å². The molecule has 1 saturated heterocycles. The largest absolute Gasteiger partial charge is 0.449 e. The third-order valence-corrected chi connectivity index (χ3v) is 6.93. The van der Waals surface area contributed by atoms with Gasteiger partial charge in [-0.3, -0.25) is 19.2 Å². The minimum Gasteiger partial charge on any atom is -0.449 e. The predicted molar refractivity (Wildman–Crippen MR) is 154 cm³/mol. The summed E-state index contributed by atoms with van der Waals surface area (Å²) in [5.74, 6) is -2.60. The number of piperazine rings is 1. The number of oxazole rings is 1. The van der Waals surface area contributed by atoms with Gasteiger partial charge in [0.1, 0.15) is 6.26 Å². The van der Waals surface area contributed by atoms with Crippen molar-refractivity contribution < 1.29 is 33.1 Å². The van der Waals surface area contributed by atoms with Gasteiger partial charge in [-0.2, -0.15) is 0 Å². The maximum Gasteiger partial charge on any atom is 0.303 e. The Morgan fingerprint density at radius 3 is 2.24 bits per heavy atom. The van der Waals surface area contributed by atoms with Gasteiger partial charge in [0, 0.05) is 59.4 Å². The highest BCUT2D eigenvalue weighted by Crippen LogP contribution is 2.26. The molecule has 0 radical (unpaired) electrons. The minimum atomic E-state index is -1.68. The molecule has 1 N–H and O–H groups in total. The highest BCUT2D eigenvalue weighted by Gasteiger charge is 2.42. The molecule has 2 atom stereocenters. The fourth-order valence-corrected chi connectivity index (χ4v) is 4.91.